The normalized spacial score (nSPS) is 10.2. The van der Waals surface area contributed by atoms with E-state index in [-0.39, 0.29) is 5.69 Å². The Morgan fingerprint density at radius 3 is 2.95 bits per heavy atom. The highest BCUT2D eigenvalue weighted by Gasteiger charge is 2.14. The molecule has 0 atom stereocenters. The third-order valence-electron chi connectivity index (χ3n) is 2.61. The van der Waals surface area contributed by atoms with Crippen LogP contribution >= 0.6 is 0 Å². The number of nitro benzene ring substituents is 1. The Bertz CT molecular complexity index is 433. The van der Waals surface area contributed by atoms with E-state index in [1.807, 2.05) is 19.1 Å². The fraction of sp³-hybridized carbons (Fsp3) is 0.429. The zero-order valence-corrected chi connectivity index (χ0v) is 11.2. The van der Waals surface area contributed by atoms with E-state index in [9.17, 15) is 10.1 Å². The topological polar surface area (TPSA) is 64.4 Å². The summed E-state index contributed by atoms with van der Waals surface area (Å²) >= 11 is 0. The summed E-state index contributed by atoms with van der Waals surface area (Å²) < 4.78 is 5.47. The highest BCUT2D eigenvalue weighted by Crippen LogP contribution is 2.27. The number of aryl methyl sites for hydroxylation is 1. The molecule has 19 heavy (non-hydrogen) atoms. The molecule has 0 saturated heterocycles. The first-order valence-corrected chi connectivity index (χ1v) is 6.34. The van der Waals surface area contributed by atoms with E-state index in [1.54, 1.807) is 6.07 Å². The molecule has 0 saturated carbocycles. The molecule has 0 aromatic heterocycles. The van der Waals surface area contributed by atoms with Gasteiger partial charge in [0.25, 0.3) is 0 Å². The summed E-state index contributed by atoms with van der Waals surface area (Å²) in [7, 11) is 0. The van der Waals surface area contributed by atoms with Crippen molar-refractivity contribution < 1.29 is 9.66 Å². The van der Waals surface area contributed by atoms with Crippen LogP contribution < -0.4 is 10.1 Å². The second-order valence-corrected chi connectivity index (χ2v) is 4.28. The van der Waals surface area contributed by atoms with Crippen LogP contribution in [-0.4, -0.2) is 24.6 Å². The van der Waals surface area contributed by atoms with Gasteiger partial charge in [0.2, 0.25) is 0 Å². The van der Waals surface area contributed by atoms with E-state index in [1.165, 1.54) is 6.07 Å². The van der Waals surface area contributed by atoms with Crippen molar-refractivity contribution in [2.45, 2.75) is 19.8 Å². The van der Waals surface area contributed by atoms with Crippen molar-refractivity contribution in [3.05, 3.63) is 46.5 Å². The summed E-state index contributed by atoms with van der Waals surface area (Å²) in [6, 6.07) is 5.00. The lowest BCUT2D eigenvalue weighted by Crippen LogP contribution is -2.15. The first kappa shape index (κ1) is 15.2. The number of nitrogens with zero attached hydrogens (tertiary/aromatic N) is 1. The van der Waals surface area contributed by atoms with Gasteiger partial charge >= 0.3 is 5.69 Å². The summed E-state index contributed by atoms with van der Waals surface area (Å²) in [6.07, 6.45) is 3.63. The van der Waals surface area contributed by atoms with Crippen LogP contribution in [0.4, 0.5) is 5.69 Å². The van der Waals surface area contributed by atoms with Crippen LogP contribution in [-0.2, 0) is 0 Å². The summed E-state index contributed by atoms with van der Waals surface area (Å²) in [4.78, 5) is 10.5. The maximum atomic E-state index is 10.9. The molecule has 5 nitrogen and oxygen atoms in total. The predicted molar refractivity (Wildman–Crippen MR) is 75.6 cm³/mol. The molecule has 0 radical (unpaired) electrons. The molecular weight excluding hydrogens is 244 g/mol. The van der Waals surface area contributed by atoms with Crippen LogP contribution in [0, 0.1) is 17.0 Å². The van der Waals surface area contributed by atoms with Crippen molar-refractivity contribution in [2.75, 3.05) is 19.7 Å². The summed E-state index contributed by atoms with van der Waals surface area (Å²) in [5, 5.41) is 14.1. The third kappa shape index (κ3) is 5.52. The van der Waals surface area contributed by atoms with Gasteiger partial charge in [-0.3, -0.25) is 10.1 Å². The van der Waals surface area contributed by atoms with Crippen molar-refractivity contribution in [1.82, 2.24) is 5.32 Å². The zero-order chi connectivity index (χ0) is 14.1. The maximum absolute atomic E-state index is 10.9. The van der Waals surface area contributed by atoms with Crippen molar-refractivity contribution in [3.63, 3.8) is 0 Å². The predicted octanol–water partition coefficient (Wildman–Crippen LogP) is 2.84. The Morgan fingerprint density at radius 1 is 1.47 bits per heavy atom. The van der Waals surface area contributed by atoms with Crippen molar-refractivity contribution in [2.24, 2.45) is 0 Å². The maximum Gasteiger partial charge on any atom is 0.311 e. The van der Waals surface area contributed by atoms with E-state index in [0.717, 1.165) is 31.5 Å². The largest absolute Gasteiger partial charge is 0.487 e. The molecule has 0 spiro atoms. The molecule has 0 bridgehead atoms. The average Bonchev–Trinajstić information content (AvgIpc) is 2.39. The Hall–Kier alpha value is -1.88. The summed E-state index contributed by atoms with van der Waals surface area (Å²) in [5.41, 5.74) is 0.887. The molecular formula is C14H20N2O3. The van der Waals surface area contributed by atoms with Gasteiger partial charge in [0.05, 0.1) is 11.5 Å². The van der Waals surface area contributed by atoms with E-state index in [4.69, 9.17) is 4.74 Å². The molecule has 0 unspecified atom stereocenters. The highest BCUT2D eigenvalue weighted by molar-refractivity contribution is 5.48. The van der Waals surface area contributed by atoms with Crippen LogP contribution in [0.25, 0.3) is 0 Å². The first-order valence-electron chi connectivity index (χ1n) is 6.34. The van der Waals surface area contributed by atoms with Gasteiger partial charge < -0.3 is 10.1 Å². The number of rotatable bonds is 9. The molecule has 0 fully saturated rings. The molecule has 1 aromatic carbocycles. The lowest BCUT2D eigenvalue weighted by Gasteiger charge is -2.07. The van der Waals surface area contributed by atoms with Crippen LogP contribution in [0.5, 0.6) is 5.75 Å². The second kappa shape index (κ2) is 8.26. The van der Waals surface area contributed by atoms with Crippen molar-refractivity contribution in [3.8, 4) is 5.75 Å². The highest BCUT2D eigenvalue weighted by atomic mass is 16.6. The van der Waals surface area contributed by atoms with E-state index in [0.29, 0.717) is 12.4 Å². The standard InChI is InChI=1S/C14H20N2O3/c1-3-8-15-9-4-5-10-19-14-7-6-12(2)11-13(14)16(17)18/h3,6-7,11,15H,1,4-5,8-10H2,2H3. The van der Waals surface area contributed by atoms with Gasteiger partial charge in [0, 0.05) is 12.6 Å². The second-order valence-electron chi connectivity index (χ2n) is 4.28. The Kier molecular flexibility index (Phi) is 6.60. The number of nitro groups is 1. The molecule has 104 valence electrons. The van der Waals surface area contributed by atoms with Crippen LogP contribution in [0.15, 0.2) is 30.9 Å². The Morgan fingerprint density at radius 2 is 2.26 bits per heavy atom. The minimum absolute atomic E-state index is 0.0322. The number of nitrogens with one attached hydrogen (secondary N) is 1. The molecule has 5 heteroatoms. The number of ether oxygens (including phenoxy) is 1. The monoisotopic (exact) mass is 264 g/mol. The minimum atomic E-state index is -0.409. The summed E-state index contributed by atoms with van der Waals surface area (Å²) in [6.45, 7) is 7.61. The van der Waals surface area contributed by atoms with E-state index in [2.05, 4.69) is 11.9 Å². The average molecular weight is 264 g/mol. The lowest BCUT2D eigenvalue weighted by atomic mass is 10.2. The van der Waals surface area contributed by atoms with Crippen LogP contribution in [0.3, 0.4) is 0 Å². The van der Waals surface area contributed by atoms with Crippen molar-refractivity contribution >= 4 is 5.69 Å². The minimum Gasteiger partial charge on any atom is -0.487 e. The smallest absolute Gasteiger partial charge is 0.311 e. The number of unbranched alkanes of at least 4 members (excludes halogenated alkanes) is 1. The molecule has 0 heterocycles. The van der Waals surface area contributed by atoms with Crippen LogP contribution in [0.2, 0.25) is 0 Å². The Labute approximate surface area is 113 Å². The fourth-order valence-electron chi connectivity index (χ4n) is 1.63. The number of hydrogen-bond donors (Lipinski definition) is 1. The van der Waals surface area contributed by atoms with Gasteiger partial charge in [-0.05, 0) is 37.9 Å². The number of hydrogen-bond acceptors (Lipinski definition) is 4. The lowest BCUT2D eigenvalue weighted by molar-refractivity contribution is -0.385. The first-order chi connectivity index (χ1) is 9.15. The van der Waals surface area contributed by atoms with Gasteiger partial charge in [0.1, 0.15) is 0 Å². The third-order valence-corrected chi connectivity index (χ3v) is 2.61. The molecule has 1 rings (SSSR count). The molecule has 0 aliphatic carbocycles. The van der Waals surface area contributed by atoms with E-state index < -0.39 is 4.92 Å². The van der Waals surface area contributed by atoms with Crippen LogP contribution in [0.1, 0.15) is 18.4 Å². The SMILES string of the molecule is C=CCNCCCCOc1ccc(C)cc1[N+](=O)[O-]. The zero-order valence-electron chi connectivity index (χ0n) is 11.2. The molecule has 0 aliphatic heterocycles. The fourth-order valence-corrected chi connectivity index (χ4v) is 1.63. The van der Waals surface area contributed by atoms with E-state index >= 15 is 0 Å². The quantitative estimate of drug-likeness (QED) is 0.322. The number of benzene rings is 1. The van der Waals surface area contributed by atoms with Gasteiger partial charge in [-0.1, -0.05) is 12.1 Å². The van der Waals surface area contributed by atoms with Gasteiger partial charge in [0.15, 0.2) is 5.75 Å². The summed E-state index contributed by atoms with van der Waals surface area (Å²) in [5.74, 6) is 0.342. The molecule has 1 N–H and O–H groups in total. The van der Waals surface area contributed by atoms with Gasteiger partial charge in [-0.15, -0.1) is 6.58 Å². The Balaban J connectivity index is 2.36. The molecule has 1 aromatic rings. The van der Waals surface area contributed by atoms with Crippen molar-refractivity contribution in [1.29, 1.82) is 0 Å². The van der Waals surface area contributed by atoms with Gasteiger partial charge in [-0.2, -0.15) is 0 Å². The van der Waals surface area contributed by atoms with Gasteiger partial charge in [-0.25, -0.2) is 0 Å². The molecule has 0 aliphatic rings. The molecule has 0 amide bonds.